The van der Waals surface area contributed by atoms with E-state index >= 15 is 0 Å². The van der Waals surface area contributed by atoms with Gasteiger partial charge in [-0.2, -0.15) is 0 Å². The van der Waals surface area contributed by atoms with Crippen molar-refractivity contribution in [1.82, 2.24) is 0 Å². The normalized spacial score (nSPS) is 13.0. The van der Waals surface area contributed by atoms with Crippen LogP contribution in [-0.2, 0) is 15.5 Å². The van der Waals surface area contributed by atoms with Crippen molar-refractivity contribution in [2.24, 2.45) is 4.36 Å². The van der Waals surface area contributed by atoms with Crippen molar-refractivity contribution in [3.63, 3.8) is 0 Å². The smallest absolute Gasteiger partial charge is 0.339 e. The maximum absolute atomic E-state index is 13.4. The average Bonchev–Trinajstić information content (AvgIpc) is 3.22. The Morgan fingerprint density at radius 3 is 2.48 bits per heavy atom. The molecule has 1 heterocycles. The highest BCUT2D eigenvalue weighted by Gasteiger charge is 2.24. The molecule has 7 heteroatoms. The zero-order valence-electron chi connectivity index (χ0n) is 14.9. The second-order valence-corrected chi connectivity index (χ2v) is 8.18. The second-order valence-electron chi connectivity index (χ2n) is 5.78. The highest BCUT2D eigenvalue weighted by Crippen LogP contribution is 2.36. The van der Waals surface area contributed by atoms with E-state index in [1.165, 1.54) is 26.7 Å². The molecule has 0 saturated heterocycles. The molecule has 0 radical (unpaired) electrons. The number of methoxy groups -OCH3 is 1. The molecule has 0 spiro atoms. The van der Waals surface area contributed by atoms with Crippen LogP contribution in [0.4, 0.5) is 0 Å². The number of nitrogens with zero attached hydrogens (tertiary/aromatic N) is 1. The van der Waals surface area contributed by atoms with E-state index in [-0.39, 0.29) is 17.1 Å². The van der Waals surface area contributed by atoms with Gasteiger partial charge in [-0.15, -0.1) is 0 Å². The van der Waals surface area contributed by atoms with Crippen LogP contribution in [0.15, 0.2) is 74.7 Å². The molecule has 0 bridgehead atoms. The van der Waals surface area contributed by atoms with Crippen LogP contribution in [0.5, 0.6) is 5.75 Å². The fourth-order valence-electron chi connectivity index (χ4n) is 2.93. The van der Waals surface area contributed by atoms with Gasteiger partial charge in [-0.1, -0.05) is 30.3 Å². The highest BCUT2D eigenvalue weighted by atomic mass is 32.2. The lowest BCUT2D eigenvalue weighted by Gasteiger charge is -2.16. The summed E-state index contributed by atoms with van der Waals surface area (Å²) in [5.74, 6) is -0.984. The quantitative estimate of drug-likeness (QED) is 0.683. The predicted octanol–water partition coefficient (Wildman–Crippen LogP) is 4.31. The van der Waals surface area contributed by atoms with Crippen molar-refractivity contribution in [2.45, 2.75) is 10.6 Å². The number of benzene rings is 2. The van der Waals surface area contributed by atoms with E-state index in [1.54, 1.807) is 42.5 Å². The predicted molar refractivity (Wildman–Crippen MR) is 103 cm³/mol. The van der Waals surface area contributed by atoms with Crippen molar-refractivity contribution in [3.8, 4) is 16.9 Å². The van der Waals surface area contributed by atoms with Gasteiger partial charge in [0.05, 0.1) is 35.1 Å². The molecule has 0 saturated carbocycles. The van der Waals surface area contributed by atoms with E-state index < -0.39 is 15.7 Å². The fourth-order valence-corrected chi connectivity index (χ4v) is 4.68. The van der Waals surface area contributed by atoms with E-state index in [4.69, 9.17) is 9.15 Å². The molecule has 0 aliphatic heterocycles. The van der Waals surface area contributed by atoms with E-state index in [9.17, 15) is 14.1 Å². The number of carbonyl (C=O) groups is 1. The Bertz CT molecular complexity index is 1070. The molecule has 1 N–H and O–H groups in total. The number of hydrogen-bond acceptors (Lipinski definition) is 5. The minimum Gasteiger partial charge on any atom is -0.495 e. The van der Waals surface area contributed by atoms with Gasteiger partial charge in [-0.3, -0.25) is 0 Å². The van der Waals surface area contributed by atoms with E-state index in [0.717, 1.165) is 0 Å². The number of rotatable bonds is 6. The maximum Gasteiger partial charge on any atom is 0.339 e. The minimum absolute atomic E-state index is 0.0245. The summed E-state index contributed by atoms with van der Waals surface area (Å²) in [5.41, 5.74) is 1.66. The Morgan fingerprint density at radius 1 is 1.19 bits per heavy atom. The first-order chi connectivity index (χ1) is 13.0. The van der Waals surface area contributed by atoms with Crippen molar-refractivity contribution in [3.05, 3.63) is 72.2 Å². The average molecular weight is 385 g/mol. The number of hydrogen-bond donors (Lipinski definition) is 1. The summed E-state index contributed by atoms with van der Waals surface area (Å²) in [5, 5.41) is 9.81. The first-order valence-electron chi connectivity index (χ1n) is 8.14. The number of carboxylic acid groups (broad SMARTS) is 1. The van der Waals surface area contributed by atoms with Crippen LogP contribution < -0.4 is 4.74 Å². The zero-order valence-corrected chi connectivity index (χ0v) is 15.7. The molecule has 0 unspecified atom stereocenters. The summed E-state index contributed by atoms with van der Waals surface area (Å²) in [6.45, 7) is 0. The Hall–Kier alpha value is -3.06. The molecule has 6 nitrogen and oxygen atoms in total. The van der Waals surface area contributed by atoms with E-state index in [2.05, 4.69) is 4.36 Å². The summed E-state index contributed by atoms with van der Waals surface area (Å²) in [6.07, 6.45) is 3.01. The van der Waals surface area contributed by atoms with Gasteiger partial charge in [0, 0.05) is 23.1 Å². The topological polar surface area (TPSA) is 89.1 Å². The van der Waals surface area contributed by atoms with Crippen LogP contribution in [0.3, 0.4) is 0 Å². The van der Waals surface area contributed by atoms with Gasteiger partial charge in [-0.05, 0) is 23.8 Å². The fraction of sp³-hybridized carbons (Fsp3) is 0.150. The van der Waals surface area contributed by atoms with E-state index in [1.807, 2.05) is 6.07 Å². The monoisotopic (exact) mass is 385 g/mol. The summed E-state index contributed by atoms with van der Waals surface area (Å²) in [4.78, 5) is 12.6. The molecule has 140 valence electrons. The molecule has 0 aliphatic carbocycles. The molecule has 1 atom stereocenters. The maximum atomic E-state index is 13.4. The Kier molecular flexibility index (Phi) is 5.32. The molecular weight excluding hydrogens is 366 g/mol. The first-order valence-corrected chi connectivity index (χ1v) is 9.82. The largest absolute Gasteiger partial charge is 0.495 e. The molecule has 2 aromatic carbocycles. The number of furan rings is 1. The Labute approximate surface area is 157 Å². The van der Waals surface area contributed by atoms with Crippen molar-refractivity contribution in [1.29, 1.82) is 0 Å². The van der Waals surface area contributed by atoms with Gasteiger partial charge in [0.1, 0.15) is 11.3 Å². The van der Waals surface area contributed by atoms with Gasteiger partial charge >= 0.3 is 5.97 Å². The third-order valence-corrected chi connectivity index (χ3v) is 6.55. The lowest BCUT2D eigenvalue weighted by atomic mass is 9.99. The van der Waals surface area contributed by atoms with Crippen LogP contribution in [-0.4, -0.2) is 29.4 Å². The molecule has 0 fully saturated rings. The van der Waals surface area contributed by atoms with Gasteiger partial charge < -0.3 is 14.3 Å². The van der Waals surface area contributed by atoms with Crippen molar-refractivity contribution in [2.75, 3.05) is 14.2 Å². The molecular formula is C20H19NO5S. The number of aromatic carboxylic acids is 1. The summed E-state index contributed by atoms with van der Waals surface area (Å²) in [7, 11) is 0.0708. The first kappa shape index (κ1) is 18.7. The SMILES string of the molecule is CN=[S@](=O)(Cc1ccc(-c2ccoc2)c(OC)c1C(=O)O)c1ccccc1. The highest BCUT2D eigenvalue weighted by molar-refractivity contribution is 7.92. The van der Waals surface area contributed by atoms with Crippen LogP contribution in [0.2, 0.25) is 0 Å². The van der Waals surface area contributed by atoms with Gasteiger partial charge in [0.2, 0.25) is 0 Å². The number of carboxylic acids is 1. The van der Waals surface area contributed by atoms with Crippen LogP contribution in [0, 0.1) is 0 Å². The second kappa shape index (κ2) is 7.67. The molecule has 0 aliphatic rings. The minimum atomic E-state index is -2.82. The van der Waals surface area contributed by atoms with Crippen molar-refractivity contribution < 1.29 is 23.3 Å². The lowest BCUT2D eigenvalue weighted by Crippen LogP contribution is -2.12. The molecule has 3 aromatic rings. The standard InChI is InChI=1S/C20H19NO5S/c1-21-27(24,16-6-4-3-5-7-16)13-15-8-9-17(14-10-11-26-12-14)19(25-2)18(15)20(22)23/h3-12H,13H2,1-2H3,(H,22,23)/t27-/m0/s1. The molecule has 27 heavy (non-hydrogen) atoms. The lowest BCUT2D eigenvalue weighted by molar-refractivity contribution is 0.0692. The van der Waals surface area contributed by atoms with Gasteiger partial charge in [0.25, 0.3) is 0 Å². The third kappa shape index (κ3) is 3.59. The van der Waals surface area contributed by atoms with Gasteiger partial charge in [0.15, 0.2) is 0 Å². The van der Waals surface area contributed by atoms with Crippen LogP contribution in [0.1, 0.15) is 15.9 Å². The zero-order chi connectivity index (χ0) is 19.4. The summed E-state index contributed by atoms with van der Waals surface area (Å²) >= 11 is 0. The Balaban J connectivity index is 2.16. The van der Waals surface area contributed by atoms with E-state index in [0.29, 0.717) is 21.6 Å². The third-order valence-electron chi connectivity index (χ3n) is 4.25. The van der Waals surface area contributed by atoms with Crippen LogP contribution >= 0.6 is 0 Å². The Morgan fingerprint density at radius 2 is 1.93 bits per heavy atom. The van der Waals surface area contributed by atoms with Crippen molar-refractivity contribution >= 4 is 15.7 Å². The molecule has 1 aromatic heterocycles. The van der Waals surface area contributed by atoms with Crippen LogP contribution in [0.25, 0.3) is 11.1 Å². The molecule has 0 amide bonds. The summed E-state index contributed by atoms with van der Waals surface area (Å²) < 4.78 is 28.0. The summed E-state index contributed by atoms with van der Waals surface area (Å²) in [6, 6.07) is 14.0. The number of ether oxygens (including phenoxy) is 1. The van der Waals surface area contributed by atoms with Gasteiger partial charge in [-0.25, -0.2) is 13.4 Å². The molecule has 3 rings (SSSR count).